The largest absolute Gasteiger partial charge is 0.618 e. The third-order valence-electron chi connectivity index (χ3n) is 3.45. The average Bonchev–Trinajstić information content (AvgIpc) is 2.93. The molecule has 9 heteroatoms. The number of carbonyl (C=O) groups is 1. The molecular formula is C15H15F3N2O4. The highest BCUT2D eigenvalue weighted by Crippen LogP contribution is 2.41. The molecule has 1 unspecified atom stereocenters. The molecule has 6 nitrogen and oxygen atoms in total. The van der Waals surface area contributed by atoms with E-state index in [4.69, 9.17) is 4.42 Å². The van der Waals surface area contributed by atoms with Crippen LogP contribution in [0, 0.1) is 12.1 Å². The molecule has 0 saturated heterocycles. The Morgan fingerprint density at radius 3 is 2.58 bits per heavy atom. The maximum absolute atomic E-state index is 13.2. The summed E-state index contributed by atoms with van der Waals surface area (Å²) in [6.45, 7) is 0.938. The summed E-state index contributed by atoms with van der Waals surface area (Å²) in [6, 6.07) is 6.42. The lowest BCUT2D eigenvalue weighted by molar-refractivity contribution is -0.607. The van der Waals surface area contributed by atoms with Crippen LogP contribution in [0.4, 0.5) is 13.2 Å². The molecule has 130 valence electrons. The lowest BCUT2D eigenvalue weighted by Gasteiger charge is -2.28. The van der Waals surface area contributed by atoms with E-state index in [0.29, 0.717) is 4.73 Å². The normalized spacial score (nSPS) is 14.2. The van der Waals surface area contributed by atoms with Gasteiger partial charge >= 0.3 is 12.1 Å². The molecule has 0 aliphatic rings. The fourth-order valence-electron chi connectivity index (χ4n) is 2.11. The Morgan fingerprint density at radius 2 is 2.04 bits per heavy atom. The van der Waals surface area contributed by atoms with Crippen molar-refractivity contribution in [3.05, 3.63) is 59.0 Å². The molecule has 0 spiro atoms. The molecule has 2 rings (SSSR count). The van der Waals surface area contributed by atoms with E-state index < -0.39 is 36.4 Å². The number of amides is 1. The summed E-state index contributed by atoms with van der Waals surface area (Å²) in [5, 5.41) is 23.6. The number of aromatic nitrogens is 1. The van der Waals surface area contributed by atoms with Crippen molar-refractivity contribution in [2.75, 3.05) is 6.54 Å². The minimum absolute atomic E-state index is 0.216. The smallest absolute Gasteiger partial charge is 0.424 e. The number of nitrogens with one attached hydrogen (secondary N) is 1. The van der Waals surface area contributed by atoms with Gasteiger partial charge in [0.15, 0.2) is 6.20 Å². The maximum Gasteiger partial charge on any atom is 0.424 e. The van der Waals surface area contributed by atoms with Crippen molar-refractivity contribution in [2.45, 2.75) is 25.1 Å². The summed E-state index contributed by atoms with van der Waals surface area (Å²) in [7, 11) is 0. The van der Waals surface area contributed by atoms with Gasteiger partial charge in [0, 0.05) is 25.1 Å². The van der Waals surface area contributed by atoms with Crippen molar-refractivity contribution in [2.24, 2.45) is 0 Å². The van der Waals surface area contributed by atoms with Crippen LogP contribution in [-0.2, 0) is 5.60 Å². The number of rotatable bonds is 5. The highest BCUT2D eigenvalue weighted by Gasteiger charge is 2.56. The maximum atomic E-state index is 13.2. The molecule has 2 aromatic heterocycles. The minimum atomic E-state index is -4.99. The number of hydrogen-bond donors (Lipinski definition) is 2. The minimum Gasteiger partial charge on any atom is -0.618 e. The Kier molecular flexibility index (Phi) is 4.83. The van der Waals surface area contributed by atoms with Gasteiger partial charge in [-0.2, -0.15) is 17.9 Å². The predicted octanol–water partition coefficient (Wildman–Crippen LogP) is 1.79. The van der Waals surface area contributed by atoms with Crippen LogP contribution in [0.2, 0.25) is 0 Å². The number of furan rings is 1. The molecular weight excluding hydrogens is 329 g/mol. The second-order valence-electron chi connectivity index (χ2n) is 5.19. The number of nitrogens with zero attached hydrogens (tertiary/aromatic N) is 1. The van der Waals surface area contributed by atoms with E-state index in [0.717, 1.165) is 12.3 Å². The highest BCUT2D eigenvalue weighted by atomic mass is 19.4. The number of carbonyl (C=O) groups excluding carboxylic acids is 1. The Labute approximate surface area is 135 Å². The van der Waals surface area contributed by atoms with E-state index in [-0.39, 0.29) is 11.5 Å². The van der Waals surface area contributed by atoms with Crippen molar-refractivity contribution in [1.29, 1.82) is 0 Å². The van der Waals surface area contributed by atoms with E-state index in [1.165, 1.54) is 31.2 Å². The van der Waals surface area contributed by atoms with Gasteiger partial charge in [0.1, 0.15) is 11.5 Å². The third kappa shape index (κ3) is 3.51. The van der Waals surface area contributed by atoms with Crippen LogP contribution >= 0.6 is 0 Å². The van der Waals surface area contributed by atoms with Crippen molar-refractivity contribution < 1.29 is 32.2 Å². The number of pyridine rings is 1. The summed E-state index contributed by atoms with van der Waals surface area (Å²) in [5.74, 6) is -1.28. The van der Waals surface area contributed by atoms with Crippen molar-refractivity contribution >= 4 is 5.91 Å². The SMILES string of the molecule is Cc1ccc(C(O)(CCNC(=O)c2cccc[n+]2[O-])C(F)(F)F)o1. The molecule has 0 radical (unpaired) electrons. The van der Waals surface area contributed by atoms with Gasteiger partial charge in [-0.15, -0.1) is 0 Å². The average molecular weight is 344 g/mol. The first-order valence-corrected chi connectivity index (χ1v) is 6.97. The number of alkyl halides is 3. The summed E-state index contributed by atoms with van der Waals surface area (Å²) >= 11 is 0. The molecule has 0 bridgehead atoms. The van der Waals surface area contributed by atoms with Gasteiger partial charge in [0.05, 0.1) is 0 Å². The van der Waals surface area contributed by atoms with E-state index in [9.17, 15) is 28.3 Å². The van der Waals surface area contributed by atoms with Crippen molar-refractivity contribution in [3.8, 4) is 0 Å². The molecule has 1 amide bonds. The van der Waals surface area contributed by atoms with Gasteiger partial charge in [0.2, 0.25) is 5.60 Å². The van der Waals surface area contributed by atoms with E-state index in [1.807, 2.05) is 0 Å². The summed E-state index contributed by atoms with van der Waals surface area (Å²) in [5.41, 5.74) is -3.50. The van der Waals surface area contributed by atoms with E-state index in [2.05, 4.69) is 5.32 Å². The quantitative estimate of drug-likeness (QED) is 0.639. The van der Waals surface area contributed by atoms with Gasteiger partial charge in [-0.05, 0) is 25.1 Å². The Balaban J connectivity index is 2.10. The molecule has 24 heavy (non-hydrogen) atoms. The third-order valence-corrected chi connectivity index (χ3v) is 3.45. The van der Waals surface area contributed by atoms with Crippen LogP contribution < -0.4 is 10.0 Å². The Hall–Kier alpha value is -2.55. The lowest BCUT2D eigenvalue weighted by Crippen LogP contribution is -2.45. The first-order valence-electron chi connectivity index (χ1n) is 6.97. The van der Waals surface area contributed by atoms with Crippen LogP contribution in [-0.4, -0.2) is 23.7 Å². The summed E-state index contributed by atoms with van der Waals surface area (Å²) < 4.78 is 44.9. The van der Waals surface area contributed by atoms with E-state index in [1.54, 1.807) is 0 Å². The van der Waals surface area contributed by atoms with Gasteiger partial charge in [0.25, 0.3) is 5.69 Å². The molecule has 2 N–H and O–H groups in total. The van der Waals surface area contributed by atoms with Gasteiger partial charge < -0.3 is 20.0 Å². The molecule has 0 aromatic carbocycles. The zero-order chi connectivity index (χ0) is 18.0. The van der Waals surface area contributed by atoms with Crippen molar-refractivity contribution in [3.63, 3.8) is 0 Å². The molecule has 0 aliphatic carbocycles. The number of aliphatic hydroxyl groups is 1. The fourth-order valence-corrected chi connectivity index (χ4v) is 2.11. The topological polar surface area (TPSA) is 89.4 Å². The zero-order valence-electron chi connectivity index (χ0n) is 12.6. The monoisotopic (exact) mass is 344 g/mol. The lowest BCUT2D eigenvalue weighted by atomic mass is 9.95. The zero-order valence-corrected chi connectivity index (χ0v) is 12.6. The standard InChI is InChI=1S/C15H15F3N2O4/c1-10-5-6-12(24-10)14(22,15(16,17)18)7-8-19-13(21)11-4-2-3-9-20(11)23/h2-6,9,22H,7-8H2,1H3,(H,19,21). The van der Waals surface area contributed by atoms with Crippen LogP contribution in [0.25, 0.3) is 0 Å². The molecule has 0 aliphatic heterocycles. The fraction of sp³-hybridized carbons (Fsp3) is 0.333. The molecule has 2 aromatic rings. The van der Waals surface area contributed by atoms with Crippen LogP contribution in [0.1, 0.15) is 28.4 Å². The van der Waals surface area contributed by atoms with Crippen LogP contribution in [0.3, 0.4) is 0 Å². The van der Waals surface area contributed by atoms with E-state index >= 15 is 0 Å². The first-order chi connectivity index (χ1) is 11.1. The van der Waals surface area contributed by atoms with Crippen LogP contribution in [0.5, 0.6) is 0 Å². The van der Waals surface area contributed by atoms with Gasteiger partial charge in [-0.25, -0.2) is 0 Å². The highest BCUT2D eigenvalue weighted by molar-refractivity contribution is 5.90. The summed E-state index contributed by atoms with van der Waals surface area (Å²) in [6.07, 6.45) is -4.76. The first kappa shape index (κ1) is 17.8. The van der Waals surface area contributed by atoms with Gasteiger partial charge in [-0.3, -0.25) is 4.79 Å². The van der Waals surface area contributed by atoms with Gasteiger partial charge in [-0.1, -0.05) is 0 Å². The molecule has 2 heterocycles. The number of hydrogen-bond acceptors (Lipinski definition) is 4. The van der Waals surface area contributed by atoms with Crippen LogP contribution in [0.15, 0.2) is 40.9 Å². The second-order valence-corrected chi connectivity index (χ2v) is 5.19. The van der Waals surface area contributed by atoms with Crippen molar-refractivity contribution in [1.82, 2.24) is 5.32 Å². The Bertz CT molecular complexity index is 730. The second kappa shape index (κ2) is 6.52. The Morgan fingerprint density at radius 1 is 1.33 bits per heavy atom. The molecule has 0 saturated carbocycles. The predicted molar refractivity (Wildman–Crippen MR) is 75.7 cm³/mol. The number of aryl methyl sites for hydroxylation is 1. The molecule has 1 atom stereocenters. The number of halogens is 3. The molecule has 0 fully saturated rings. The summed E-state index contributed by atoms with van der Waals surface area (Å²) in [4.78, 5) is 11.8.